The molecule has 1 atom stereocenters. The molecule has 188 valence electrons. The lowest BCUT2D eigenvalue weighted by atomic mass is 10.0. The summed E-state index contributed by atoms with van der Waals surface area (Å²) in [6.45, 7) is 2.04. The van der Waals surface area contributed by atoms with Gasteiger partial charge in [-0.05, 0) is 42.5 Å². The van der Waals surface area contributed by atoms with E-state index in [0.29, 0.717) is 41.5 Å². The summed E-state index contributed by atoms with van der Waals surface area (Å²) in [4.78, 5) is 39.8. The standard InChI is InChI=1S/C26H26N8O3/c1-14(35)29-10-11-30-26(36)22-9-7-16(37-22)13-17(24-31-18-4-2-3-5-19(18)32-24)25-33-20-8-6-15(23(27)28)12-21(20)34-25/h2-9,12,17H,10-11,13H2,1H3,(H3,27,28)(H,29,35)(H,30,36)(H,31,32)(H,33,34). The normalized spacial score (nSPS) is 12.0. The van der Waals surface area contributed by atoms with Crippen LogP contribution in [0.5, 0.6) is 0 Å². The second-order valence-electron chi connectivity index (χ2n) is 8.67. The fourth-order valence-corrected chi connectivity index (χ4v) is 4.13. The molecule has 3 heterocycles. The maximum atomic E-state index is 12.5. The number of aromatic nitrogens is 4. The molecule has 2 aromatic carbocycles. The van der Waals surface area contributed by atoms with E-state index < -0.39 is 0 Å². The molecule has 0 spiro atoms. The summed E-state index contributed by atoms with van der Waals surface area (Å²) >= 11 is 0. The number of fused-ring (bicyclic) bond motifs is 2. The van der Waals surface area contributed by atoms with Gasteiger partial charge < -0.3 is 30.8 Å². The highest BCUT2D eigenvalue weighted by Crippen LogP contribution is 2.29. The van der Waals surface area contributed by atoms with Gasteiger partial charge in [0.05, 0.1) is 28.0 Å². The van der Waals surface area contributed by atoms with Crippen LogP contribution >= 0.6 is 0 Å². The van der Waals surface area contributed by atoms with Gasteiger partial charge in [0.1, 0.15) is 23.2 Å². The molecule has 0 aliphatic carbocycles. The lowest BCUT2D eigenvalue weighted by Gasteiger charge is -2.10. The Labute approximate surface area is 211 Å². The number of amides is 2. The number of benzene rings is 2. The van der Waals surface area contributed by atoms with Crippen molar-refractivity contribution in [2.75, 3.05) is 13.1 Å². The molecule has 3 aromatic heterocycles. The maximum Gasteiger partial charge on any atom is 0.287 e. The third kappa shape index (κ3) is 5.20. The zero-order chi connectivity index (χ0) is 25.9. The van der Waals surface area contributed by atoms with Gasteiger partial charge in [0, 0.05) is 32.0 Å². The van der Waals surface area contributed by atoms with Gasteiger partial charge in [-0.25, -0.2) is 9.97 Å². The fraction of sp³-hybridized carbons (Fsp3) is 0.192. The van der Waals surface area contributed by atoms with Gasteiger partial charge >= 0.3 is 0 Å². The van der Waals surface area contributed by atoms with Gasteiger partial charge in [-0.15, -0.1) is 0 Å². The summed E-state index contributed by atoms with van der Waals surface area (Å²) in [5.41, 5.74) is 9.46. The average Bonchev–Trinajstić information content (AvgIpc) is 3.62. The van der Waals surface area contributed by atoms with E-state index in [9.17, 15) is 9.59 Å². The van der Waals surface area contributed by atoms with Crippen LogP contribution in [-0.4, -0.2) is 50.7 Å². The Morgan fingerprint density at radius 2 is 1.68 bits per heavy atom. The van der Waals surface area contributed by atoms with Crippen LogP contribution < -0.4 is 16.4 Å². The molecule has 2 amide bonds. The summed E-state index contributed by atoms with van der Waals surface area (Å²) in [5.74, 6) is 1.24. The van der Waals surface area contributed by atoms with Gasteiger partial charge in [-0.2, -0.15) is 0 Å². The highest BCUT2D eigenvalue weighted by Gasteiger charge is 2.25. The largest absolute Gasteiger partial charge is 0.456 e. The number of H-pyrrole nitrogens is 2. The van der Waals surface area contributed by atoms with Crippen molar-refractivity contribution in [3.8, 4) is 0 Å². The molecule has 11 heteroatoms. The number of nitrogens with zero attached hydrogens (tertiary/aromatic N) is 2. The van der Waals surface area contributed by atoms with Gasteiger partial charge in [-0.3, -0.25) is 15.0 Å². The van der Waals surface area contributed by atoms with E-state index >= 15 is 0 Å². The van der Waals surface area contributed by atoms with Gasteiger partial charge in [-0.1, -0.05) is 12.1 Å². The van der Waals surface area contributed by atoms with Crippen molar-refractivity contribution in [3.05, 3.63) is 83.3 Å². The van der Waals surface area contributed by atoms with E-state index in [-0.39, 0.29) is 35.9 Å². The molecule has 5 aromatic rings. The smallest absolute Gasteiger partial charge is 0.287 e. The van der Waals surface area contributed by atoms with Gasteiger partial charge in [0.25, 0.3) is 5.91 Å². The van der Waals surface area contributed by atoms with Gasteiger partial charge in [0.15, 0.2) is 5.76 Å². The van der Waals surface area contributed by atoms with Crippen molar-refractivity contribution >= 4 is 39.7 Å². The zero-order valence-corrected chi connectivity index (χ0v) is 20.1. The van der Waals surface area contributed by atoms with Crippen molar-refractivity contribution in [3.63, 3.8) is 0 Å². The van der Waals surface area contributed by atoms with Crippen molar-refractivity contribution in [1.82, 2.24) is 30.6 Å². The summed E-state index contributed by atoms with van der Waals surface area (Å²) < 4.78 is 5.87. The second-order valence-corrected chi connectivity index (χ2v) is 8.67. The molecular formula is C26H26N8O3. The minimum absolute atomic E-state index is 0.0289. The first-order valence-electron chi connectivity index (χ1n) is 11.8. The lowest BCUT2D eigenvalue weighted by molar-refractivity contribution is -0.118. The van der Waals surface area contributed by atoms with Crippen LogP contribution in [0.1, 0.15) is 46.4 Å². The number of carbonyl (C=O) groups is 2. The van der Waals surface area contributed by atoms with Crippen LogP contribution in [0.2, 0.25) is 0 Å². The predicted molar refractivity (Wildman–Crippen MR) is 138 cm³/mol. The Morgan fingerprint density at radius 1 is 0.973 bits per heavy atom. The van der Waals surface area contributed by atoms with Crippen LogP contribution in [0.4, 0.5) is 0 Å². The molecule has 0 aliphatic heterocycles. The predicted octanol–water partition coefficient (Wildman–Crippen LogP) is 2.56. The van der Waals surface area contributed by atoms with E-state index in [1.807, 2.05) is 30.3 Å². The topological polar surface area (TPSA) is 179 Å². The van der Waals surface area contributed by atoms with Crippen molar-refractivity contribution < 1.29 is 14.0 Å². The van der Waals surface area contributed by atoms with Gasteiger partial charge in [0.2, 0.25) is 5.91 Å². The Balaban J connectivity index is 1.43. The number of rotatable bonds is 9. The van der Waals surface area contributed by atoms with Crippen LogP contribution in [0.3, 0.4) is 0 Å². The van der Waals surface area contributed by atoms with E-state index in [1.165, 1.54) is 6.92 Å². The number of hydrogen-bond donors (Lipinski definition) is 6. The van der Waals surface area contributed by atoms with Crippen LogP contribution in [-0.2, 0) is 11.2 Å². The van der Waals surface area contributed by atoms with Crippen molar-refractivity contribution in [2.24, 2.45) is 5.73 Å². The number of aromatic amines is 2. The molecule has 0 fully saturated rings. The van der Waals surface area contributed by atoms with Crippen molar-refractivity contribution in [1.29, 1.82) is 5.41 Å². The molecule has 0 saturated carbocycles. The van der Waals surface area contributed by atoms with E-state index in [0.717, 1.165) is 16.6 Å². The highest BCUT2D eigenvalue weighted by atomic mass is 16.3. The van der Waals surface area contributed by atoms with E-state index in [2.05, 4.69) is 20.6 Å². The first kappa shape index (κ1) is 23.8. The number of furan rings is 1. The number of nitrogens with two attached hydrogens (primary N) is 1. The van der Waals surface area contributed by atoms with Crippen LogP contribution in [0, 0.1) is 5.41 Å². The molecule has 5 rings (SSSR count). The first-order valence-corrected chi connectivity index (χ1v) is 11.8. The summed E-state index contributed by atoms with van der Waals surface area (Å²) in [5, 5.41) is 13.1. The lowest BCUT2D eigenvalue weighted by Crippen LogP contribution is -2.33. The minimum atomic E-state index is -0.364. The summed E-state index contributed by atoms with van der Waals surface area (Å²) in [6, 6.07) is 16.5. The molecule has 11 nitrogen and oxygen atoms in total. The Morgan fingerprint density at radius 3 is 2.41 bits per heavy atom. The number of nitrogen functional groups attached to an aromatic ring is 1. The molecular weight excluding hydrogens is 472 g/mol. The van der Waals surface area contributed by atoms with E-state index in [4.69, 9.17) is 25.5 Å². The first-order chi connectivity index (χ1) is 17.9. The number of nitrogens with one attached hydrogen (secondary N) is 5. The highest BCUT2D eigenvalue weighted by molar-refractivity contribution is 5.98. The molecule has 7 N–H and O–H groups in total. The number of imidazole rings is 2. The Kier molecular flexibility index (Phi) is 6.42. The molecule has 1 unspecified atom stereocenters. The summed E-state index contributed by atoms with van der Waals surface area (Å²) in [7, 11) is 0. The second kappa shape index (κ2) is 9.97. The number of hydrogen-bond acceptors (Lipinski definition) is 6. The molecule has 0 radical (unpaired) electrons. The fourth-order valence-electron chi connectivity index (χ4n) is 4.13. The molecule has 0 saturated heterocycles. The average molecular weight is 499 g/mol. The molecule has 0 bridgehead atoms. The number of carbonyl (C=O) groups excluding carboxylic acids is 2. The third-order valence-corrected chi connectivity index (χ3v) is 5.96. The monoisotopic (exact) mass is 498 g/mol. The molecule has 37 heavy (non-hydrogen) atoms. The van der Waals surface area contributed by atoms with Crippen LogP contribution in [0.25, 0.3) is 22.1 Å². The van der Waals surface area contributed by atoms with Crippen molar-refractivity contribution in [2.45, 2.75) is 19.3 Å². The Hall–Kier alpha value is -4.93. The number of para-hydroxylation sites is 2. The summed E-state index contributed by atoms with van der Waals surface area (Å²) in [6.07, 6.45) is 0.387. The minimum Gasteiger partial charge on any atom is -0.456 e. The Bertz CT molecular complexity index is 1580. The number of amidine groups is 1. The van der Waals surface area contributed by atoms with Crippen LogP contribution in [0.15, 0.2) is 59.0 Å². The van der Waals surface area contributed by atoms with E-state index in [1.54, 1.807) is 24.3 Å². The maximum absolute atomic E-state index is 12.5. The quantitative estimate of drug-likeness (QED) is 0.103. The zero-order valence-electron chi connectivity index (χ0n) is 20.1. The third-order valence-electron chi connectivity index (χ3n) is 5.96. The molecule has 0 aliphatic rings. The SMILES string of the molecule is CC(=O)NCCNC(=O)c1ccc(CC(c2nc3ccccc3[nH]2)c2nc3cc(C(=N)N)ccc3[nH]2)o1.